The zero-order chi connectivity index (χ0) is 24.3. The zero-order valence-electron chi connectivity index (χ0n) is 19.5. The van der Waals surface area contributed by atoms with Crippen LogP contribution >= 0.6 is 11.6 Å². The minimum Gasteiger partial charge on any atom is -0.488 e. The van der Waals surface area contributed by atoms with Crippen LogP contribution in [-0.2, 0) is 16.0 Å². The minimum absolute atomic E-state index is 0.0568. The Morgan fingerprint density at radius 2 is 1.47 bits per heavy atom. The molecule has 5 nitrogen and oxygen atoms in total. The van der Waals surface area contributed by atoms with Gasteiger partial charge in [0.2, 0.25) is 5.24 Å². The molecule has 0 bridgehead atoms. The highest BCUT2D eigenvalue weighted by atomic mass is 35.5. The molecule has 3 aromatic rings. The Bertz CT molecular complexity index is 1140. The van der Waals surface area contributed by atoms with E-state index >= 15 is 0 Å². The fourth-order valence-electron chi connectivity index (χ4n) is 4.25. The molecule has 0 radical (unpaired) electrons. The first-order valence-corrected chi connectivity index (χ1v) is 11.7. The molecule has 0 fully saturated rings. The van der Waals surface area contributed by atoms with Crippen LogP contribution in [0.3, 0.4) is 0 Å². The van der Waals surface area contributed by atoms with E-state index in [-0.39, 0.29) is 24.5 Å². The lowest BCUT2D eigenvalue weighted by atomic mass is 9.98. The third kappa shape index (κ3) is 5.60. The van der Waals surface area contributed by atoms with Crippen molar-refractivity contribution in [2.24, 2.45) is 0 Å². The van der Waals surface area contributed by atoms with Crippen LogP contribution < -0.4 is 10.1 Å². The number of nitrogens with one attached hydrogen (secondary N) is 1. The highest BCUT2D eigenvalue weighted by Crippen LogP contribution is 2.44. The van der Waals surface area contributed by atoms with Crippen molar-refractivity contribution in [3.8, 4) is 16.9 Å². The number of ether oxygens (including phenoxy) is 2. The van der Waals surface area contributed by atoms with Gasteiger partial charge in [-0.3, -0.25) is 4.79 Å². The zero-order valence-corrected chi connectivity index (χ0v) is 20.3. The van der Waals surface area contributed by atoms with Gasteiger partial charge in [-0.15, -0.1) is 0 Å². The van der Waals surface area contributed by atoms with Gasteiger partial charge < -0.3 is 14.8 Å². The van der Waals surface area contributed by atoms with Crippen LogP contribution in [0.25, 0.3) is 11.1 Å². The second kappa shape index (κ2) is 9.90. The van der Waals surface area contributed by atoms with Gasteiger partial charge in [-0.05, 0) is 72.3 Å². The third-order valence-corrected chi connectivity index (χ3v) is 5.96. The lowest BCUT2D eigenvalue weighted by Gasteiger charge is -2.21. The molecule has 0 unspecified atom stereocenters. The molecule has 1 aliphatic rings. The van der Waals surface area contributed by atoms with Crippen molar-refractivity contribution in [2.45, 2.75) is 44.8 Å². The van der Waals surface area contributed by atoms with Gasteiger partial charge in [-0.1, -0.05) is 60.7 Å². The smallest absolute Gasteiger partial charge is 0.407 e. The Morgan fingerprint density at radius 1 is 0.912 bits per heavy atom. The number of alkyl carbamates (subject to hydrolysis) is 1. The van der Waals surface area contributed by atoms with E-state index in [2.05, 4.69) is 29.6 Å². The van der Waals surface area contributed by atoms with Gasteiger partial charge in [0.1, 0.15) is 24.0 Å². The van der Waals surface area contributed by atoms with E-state index < -0.39 is 17.4 Å². The maximum Gasteiger partial charge on any atom is 0.407 e. The molecule has 34 heavy (non-hydrogen) atoms. The standard InChI is InChI=1S/C28H28ClNO4/c1-28(2,3)34-19-14-12-18(13-15-19)16-25(26(29)31)30-27(32)33-17-24-22-10-6-4-8-20(22)21-9-5-7-11-23(21)24/h4-15,24-25H,16-17H2,1-3H3,(H,30,32)/t25-/m0/s1. The van der Waals surface area contributed by atoms with Crippen LogP contribution in [0.2, 0.25) is 0 Å². The Balaban J connectivity index is 1.38. The summed E-state index contributed by atoms with van der Waals surface area (Å²) in [6, 6.07) is 22.7. The molecule has 6 heteroatoms. The van der Waals surface area contributed by atoms with Crippen molar-refractivity contribution in [2.75, 3.05) is 6.61 Å². The van der Waals surface area contributed by atoms with Crippen LogP contribution in [0, 0.1) is 0 Å². The number of carbonyl (C=O) groups is 2. The molecule has 3 aromatic carbocycles. The molecule has 4 rings (SSSR count). The maximum absolute atomic E-state index is 12.6. The van der Waals surface area contributed by atoms with Crippen LogP contribution in [0.5, 0.6) is 5.75 Å². The summed E-state index contributed by atoms with van der Waals surface area (Å²) in [6.07, 6.45) is -0.420. The Labute approximate surface area is 205 Å². The van der Waals surface area contributed by atoms with Crippen molar-refractivity contribution < 1.29 is 19.1 Å². The van der Waals surface area contributed by atoms with Gasteiger partial charge in [0.15, 0.2) is 0 Å². The number of rotatable bonds is 7. The second-order valence-corrected chi connectivity index (χ2v) is 9.76. The second-order valence-electron chi connectivity index (χ2n) is 9.39. The SMILES string of the molecule is CC(C)(C)Oc1ccc(C[C@H](NC(=O)OCC2c3ccccc3-c3ccccc32)C(=O)Cl)cc1. The molecule has 0 heterocycles. The molecule has 1 amide bonds. The monoisotopic (exact) mass is 477 g/mol. The summed E-state index contributed by atoms with van der Waals surface area (Å²) in [5, 5.41) is 1.97. The molecule has 1 atom stereocenters. The summed E-state index contributed by atoms with van der Waals surface area (Å²) in [5.41, 5.74) is 5.10. The molecular weight excluding hydrogens is 450 g/mol. The Kier molecular flexibility index (Phi) is 6.94. The van der Waals surface area contributed by atoms with Gasteiger partial charge in [0.05, 0.1) is 0 Å². The molecule has 0 aromatic heterocycles. The first-order chi connectivity index (χ1) is 16.2. The van der Waals surface area contributed by atoms with E-state index in [1.54, 1.807) is 0 Å². The van der Waals surface area contributed by atoms with E-state index in [9.17, 15) is 9.59 Å². The number of halogens is 1. The first kappa shape index (κ1) is 23.8. The topological polar surface area (TPSA) is 64.6 Å². The van der Waals surface area contributed by atoms with Crippen LogP contribution in [-0.4, -0.2) is 29.6 Å². The van der Waals surface area contributed by atoms with E-state index in [0.29, 0.717) is 0 Å². The fourth-order valence-corrected chi connectivity index (χ4v) is 4.38. The normalized spacial score (nSPS) is 13.5. The van der Waals surface area contributed by atoms with Gasteiger partial charge in [0.25, 0.3) is 0 Å². The average molecular weight is 478 g/mol. The van der Waals surface area contributed by atoms with Crippen LogP contribution in [0.4, 0.5) is 4.79 Å². The molecular formula is C28H28ClNO4. The number of fused-ring (bicyclic) bond motifs is 3. The number of amides is 1. The lowest BCUT2D eigenvalue weighted by Crippen LogP contribution is -2.41. The number of hydrogen-bond acceptors (Lipinski definition) is 4. The summed E-state index contributed by atoms with van der Waals surface area (Å²) < 4.78 is 11.4. The molecule has 0 saturated carbocycles. The van der Waals surface area contributed by atoms with Gasteiger partial charge in [-0.2, -0.15) is 0 Å². The maximum atomic E-state index is 12.6. The predicted molar refractivity (Wildman–Crippen MR) is 133 cm³/mol. The molecule has 0 spiro atoms. The van der Waals surface area contributed by atoms with E-state index in [4.69, 9.17) is 21.1 Å². The molecule has 1 N–H and O–H groups in total. The van der Waals surface area contributed by atoms with Gasteiger partial charge in [-0.25, -0.2) is 4.79 Å². The minimum atomic E-state index is -0.897. The highest BCUT2D eigenvalue weighted by Gasteiger charge is 2.29. The van der Waals surface area contributed by atoms with Crippen molar-refractivity contribution in [3.63, 3.8) is 0 Å². The highest BCUT2D eigenvalue weighted by molar-refractivity contribution is 6.64. The van der Waals surface area contributed by atoms with Crippen molar-refractivity contribution in [1.82, 2.24) is 5.32 Å². The average Bonchev–Trinajstić information content (AvgIpc) is 3.11. The summed E-state index contributed by atoms with van der Waals surface area (Å²) in [5.74, 6) is 0.674. The van der Waals surface area contributed by atoms with Gasteiger partial charge in [0, 0.05) is 12.3 Å². The number of benzene rings is 3. The first-order valence-electron chi connectivity index (χ1n) is 11.3. The van der Waals surface area contributed by atoms with E-state index in [1.807, 2.05) is 69.3 Å². The summed E-state index contributed by atoms with van der Waals surface area (Å²) >= 11 is 5.78. The molecule has 0 aliphatic heterocycles. The fraction of sp³-hybridized carbons (Fsp3) is 0.286. The Morgan fingerprint density at radius 3 is 2.00 bits per heavy atom. The number of hydrogen-bond donors (Lipinski definition) is 1. The largest absolute Gasteiger partial charge is 0.488 e. The lowest BCUT2D eigenvalue weighted by molar-refractivity contribution is -0.113. The molecule has 0 saturated heterocycles. The third-order valence-electron chi connectivity index (χ3n) is 5.70. The van der Waals surface area contributed by atoms with Crippen molar-refractivity contribution >= 4 is 22.9 Å². The van der Waals surface area contributed by atoms with Crippen molar-refractivity contribution in [1.29, 1.82) is 0 Å². The van der Waals surface area contributed by atoms with Gasteiger partial charge >= 0.3 is 6.09 Å². The van der Waals surface area contributed by atoms with Crippen LogP contribution in [0.15, 0.2) is 72.8 Å². The van der Waals surface area contributed by atoms with Crippen molar-refractivity contribution in [3.05, 3.63) is 89.5 Å². The summed E-state index contributed by atoms with van der Waals surface area (Å²) in [4.78, 5) is 24.6. The predicted octanol–water partition coefficient (Wildman–Crippen LogP) is 6.08. The molecule has 176 valence electrons. The summed E-state index contributed by atoms with van der Waals surface area (Å²) in [7, 11) is 0. The summed E-state index contributed by atoms with van der Waals surface area (Å²) in [6.45, 7) is 6.09. The van der Waals surface area contributed by atoms with E-state index in [1.165, 1.54) is 0 Å². The molecule has 1 aliphatic carbocycles. The number of carbonyl (C=O) groups excluding carboxylic acids is 2. The van der Waals surface area contributed by atoms with E-state index in [0.717, 1.165) is 33.6 Å². The van der Waals surface area contributed by atoms with Crippen LogP contribution in [0.1, 0.15) is 43.4 Å². The quantitative estimate of drug-likeness (QED) is 0.419. The Hall–Kier alpha value is -3.31.